The molecule has 0 aromatic rings. The third kappa shape index (κ3) is 54.0. The van der Waals surface area contributed by atoms with E-state index in [-0.39, 0.29) is 25.7 Å². The second-order valence-electron chi connectivity index (χ2n) is 23.8. The van der Waals surface area contributed by atoms with Crippen LogP contribution in [0.2, 0.25) is 0 Å². The molecular formula is C61H118O17P2. The highest BCUT2D eigenvalue weighted by molar-refractivity contribution is 7.47. The Bertz CT molecular complexity index is 1610. The number of aliphatic hydroxyl groups excluding tert-OH is 1. The molecule has 19 heteroatoms. The number of aliphatic hydroxyl groups is 1. The standard InChI is InChI=1S/C61H118O17P2/c1-9-54(8)40-32-24-18-20-28-36-44-61(66)78-57(47-71-58(63)41-33-25-15-11-10-13-21-29-37-51(2)3)50-76-80(69,70)74-46-55(62)45-73-79(67,68)75-49-56(77-60(65)43-35-27-19-17-23-31-39-53(6)7)48-72-59(64)42-34-26-16-12-14-22-30-38-52(4)5/h51-57,62H,9-50H2,1-8H3,(H,67,68)(H,69,70)/t54?,55?,56-,57-/m1/s1. The molecule has 0 aliphatic rings. The molecular weight excluding hydrogens is 1070 g/mol. The summed E-state index contributed by atoms with van der Waals surface area (Å²) in [6.45, 7) is 13.8. The molecule has 0 bridgehead atoms. The van der Waals surface area contributed by atoms with Crippen LogP contribution in [0, 0.1) is 23.7 Å². The Labute approximate surface area is 486 Å². The summed E-state index contributed by atoms with van der Waals surface area (Å²) in [5, 5.41) is 10.5. The minimum atomic E-state index is -4.94. The van der Waals surface area contributed by atoms with E-state index in [0.717, 1.165) is 108 Å². The molecule has 17 nitrogen and oxygen atoms in total. The lowest BCUT2D eigenvalue weighted by Gasteiger charge is -2.21. The minimum Gasteiger partial charge on any atom is -0.462 e. The first-order chi connectivity index (χ1) is 38.1. The zero-order chi connectivity index (χ0) is 59.7. The summed E-state index contributed by atoms with van der Waals surface area (Å²) in [4.78, 5) is 72.0. The van der Waals surface area contributed by atoms with E-state index in [0.29, 0.717) is 37.5 Å². The van der Waals surface area contributed by atoms with Gasteiger partial charge in [0.15, 0.2) is 12.2 Å². The Morgan fingerprint density at radius 1 is 0.350 bits per heavy atom. The van der Waals surface area contributed by atoms with Crippen LogP contribution >= 0.6 is 15.6 Å². The van der Waals surface area contributed by atoms with Crippen molar-refractivity contribution >= 4 is 39.5 Å². The van der Waals surface area contributed by atoms with Gasteiger partial charge >= 0.3 is 39.5 Å². The van der Waals surface area contributed by atoms with Crippen molar-refractivity contribution in [2.75, 3.05) is 39.6 Å². The van der Waals surface area contributed by atoms with Crippen molar-refractivity contribution in [1.82, 2.24) is 0 Å². The summed E-state index contributed by atoms with van der Waals surface area (Å²) in [5.41, 5.74) is 0. The van der Waals surface area contributed by atoms with Gasteiger partial charge in [-0.05, 0) is 49.4 Å². The van der Waals surface area contributed by atoms with Gasteiger partial charge in [-0.15, -0.1) is 0 Å². The van der Waals surface area contributed by atoms with Gasteiger partial charge in [0.25, 0.3) is 0 Å². The lowest BCUT2D eigenvalue weighted by atomic mass is 10.00. The molecule has 80 heavy (non-hydrogen) atoms. The van der Waals surface area contributed by atoms with Crippen molar-refractivity contribution in [1.29, 1.82) is 0 Å². The molecule has 0 radical (unpaired) electrons. The minimum absolute atomic E-state index is 0.100. The molecule has 474 valence electrons. The third-order valence-corrected chi connectivity index (χ3v) is 16.1. The molecule has 6 atom stereocenters. The van der Waals surface area contributed by atoms with E-state index < -0.39 is 97.5 Å². The molecule has 0 aliphatic heterocycles. The van der Waals surface area contributed by atoms with Crippen LogP contribution < -0.4 is 0 Å². The zero-order valence-electron chi connectivity index (χ0n) is 51.7. The number of phosphoric acid groups is 2. The molecule has 0 spiro atoms. The second-order valence-corrected chi connectivity index (χ2v) is 26.7. The van der Waals surface area contributed by atoms with Gasteiger partial charge < -0.3 is 33.8 Å². The SMILES string of the molecule is CCC(C)CCCCCCCCC(=O)O[C@H](COC(=O)CCCCCCCCCCC(C)C)COP(=O)(O)OCC(O)COP(=O)(O)OC[C@@H](COC(=O)CCCCCCCCCC(C)C)OC(=O)CCCCCCCCC(C)C. The van der Waals surface area contributed by atoms with Gasteiger partial charge in [-0.2, -0.15) is 0 Å². The fourth-order valence-corrected chi connectivity index (χ4v) is 10.4. The van der Waals surface area contributed by atoms with Gasteiger partial charge in [0.1, 0.15) is 19.3 Å². The Balaban J connectivity index is 5.25. The van der Waals surface area contributed by atoms with Crippen molar-refractivity contribution in [3.63, 3.8) is 0 Å². The van der Waals surface area contributed by atoms with Crippen molar-refractivity contribution < 1.29 is 80.2 Å². The van der Waals surface area contributed by atoms with Crippen LogP contribution in [0.5, 0.6) is 0 Å². The monoisotopic (exact) mass is 1180 g/mol. The van der Waals surface area contributed by atoms with Crippen LogP contribution in [-0.4, -0.2) is 96.7 Å². The summed E-state index contributed by atoms with van der Waals surface area (Å²) < 4.78 is 67.8. The number of rotatable bonds is 58. The summed E-state index contributed by atoms with van der Waals surface area (Å²) in [5.74, 6) is 0.671. The topological polar surface area (TPSA) is 237 Å². The highest BCUT2D eigenvalue weighted by atomic mass is 31.2. The average molecular weight is 1190 g/mol. The first kappa shape index (κ1) is 78.1. The fourth-order valence-electron chi connectivity index (χ4n) is 8.87. The van der Waals surface area contributed by atoms with Gasteiger partial charge in [0, 0.05) is 25.7 Å². The Morgan fingerprint density at radius 3 is 0.887 bits per heavy atom. The molecule has 0 rings (SSSR count). The number of ether oxygens (including phenoxy) is 4. The highest BCUT2D eigenvalue weighted by Crippen LogP contribution is 2.45. The van der Waals surface area contributed by atoms with E-state index in [1.165, 1.54) is 83.5 Å². The van der Waals surface area contributed by atoms with Crippen LogP contribution in [0.3, 0.4) is 0 Å². The molecule has 0 saturated carbocycles. The average Bonchev–Trinajstić information content (AvgIpc) is 3.40. The summed E-state index contributed by atoms with van der Waals surface area (Å²) >= 11 is 0. The van der Waals surface area contributed by atoms with E-state index in [1.54, 1.807) is 0 Å². The maximum atomic E-state index is 12.9. The Hall–Kier alpha value is -1.94. The van der Waals surface area contributed by atoms with Crippen LogP contribution in [0.1, 0.15) is 287 Å². The number of unbranched alkanes of at least 4 members (excludes halogenated alkanes) is 23. The molecule has 0 aromatic carbocycles. The Morgan fingerprint density at radius 2 is 0.600 bits per heavy atom. The van der Waals surface area contributed by atoms with Gasteiger partial charge in [-0.3, -0.25) is 37.3 Å². The Kier molecular flexibility index (Phi) is 50.2. The lowest BCUT2D eigenvalue weighted by Crippen LogP contribution is -2.30. The van der Waals surface area contributed by atoms with Crippen molar-refractivity contribution in [3.8, 4) is 0 Å². The van der Waals surface area contributed by atoms with Crippen molar-refractivity contribution in [2.24, 2.45) is 23.7 Å². The van der Waals surface area contributed by atoms with Gasteiger partial charge in [0.2, 0.25) is 0 Å². The van der Waals surface area contributed by atoms with E-state index in [4.69, 9.17) is 37.0 Å². The third-order valence-electron chi connectivity index (χ3n) is 14.2. The van der Waals surface area contributed by atoms with Crippen molar-refractivity contribution in [2.45, 2.75) is 305 Å². The maximum absolute atomic E-state index is 12.9. The summed E-state index contributed by atoms with van der Waals surface area (Å²) in [7, 11) is -9.88. The predicted octanol–water partition coefficient (Wildman–Crippen LogP) is 16.2. The van der Waals surface area contributed by atoms with E-state index >= 15 is 0 Å². The molecule has 3 N–H and O–H groups in total. The van der Waals surface area contributed by atoms with Crippen LogP contribution in [0.25, 0.3) is 0 Å². The molecule has 4 unspecified atom stereocenters. The number of hydrogen-bond donors (Lipinski definition) is 3. The normalized spacial score (nSPS) is 14.9. The number of phosphoric ester groups is 2. The molecule has 0 fully saturated rings. The maximum Gasteiger partial charge on any atom is 0.472 e. The number of carbonyl (C=O) groups is 4. The number of hydrogen-bond acceptors (Lipinski definition) is 15. The smallest absolute Gasteiger partial charge is 0.462 e. The second kappa shape index (κ2) is 51.5. The van der Waals surface area contributed by atoms with Gasteiger partial charge in [-0.25, -0.2) is 9.13 Å². The van der Waals surface area contributed by atoms with Crippen LogP contribution in [-0.2, 0) is 65.4 Å². The first-order valence-electron chi connectivity index (χ1n) is 31.7. The lowest BCUT2D eigenvalue weighted by molar-refractivity contribution is -0.161. The highest BCUT2D eigenvalue weighted by Gasteiger charge is 2.30. The fraction of sp³-hybridized carbons (Fsp3) is 0.934. The van der Waals surface area contributed by atoms with Crippen LogP contribution in [0.15, 0.2) is 0 Å². The molecule has 0 saturated heterocycles. The number of esters is 4. The molecule has 0 heterocycles. The molecule has 0 aliphatic carbocycles. The van der Waals surface area contributed by atoms with E-state index in [2.05, 4.69) is 55.4 Å². The largest absolute Gasteiger partial charge is 0.472 e. The summed E-state index contributed by atoms with van der Waals surface area (Å²) in [6.07, 6.45) is 29.7. The van der Waals surface area contributed by atoms with Crippen LogP contribution in [0.4, 0.5) is 0 Å². The zero-order valence-corrected chi connectivity index (χ0v) is 53.5. The van der Waals surface area contributed by atoms with Gasteiger partial charge in [-0.1, -0.05) is 235 Å². The quantitative estimate of drug-likeness (QED) is 0.0222. The van der Waals surface area contributed by atoms with E-state index in [9.17, 15) is 43.2 Å². The predicted molar refractivity (Wildman–Crippen MR) is 317 cm³/mol. The number of carbonyl (C=O) groups excluding carboxylic acids is 4. The van der Waals surface area contributed by atoms with E-state index in [1.807, 2.05) is 0 Å². The summed E-state index contributed by atoms with van der Waals surface area (Å²) in [6, 6.07) is 0. The molecule has 0 aromatic heterocycles. The van der Waals surface area contributed by atoms with Gasteiger partial charge in [0.05, 0.1) is 26.4 Å². The molecule has 0 amide bonds. The van der Waals surface area contributed by atoms with Crippen molar-refractivity contribution in [3.05, 3.63) is 0 Å². The first-order valence-corrected chi connectivity index (χ1v) is 34.7.